The topological polar surface area (TPSA) is 42.1 Å². The molecule has 2 atom stereocenters. The molecule has 2 unspecified atom stereocenters. The zero-order chi connectivity index (χ0) is 13.0. The van der Waals surface area contributed by atoms with E-state index in [4.69, 9.17) is 5.73 Å². The highest BCUT2D eigenvalue weighted by Crippen LogP contribution is 2.28. The Labute approximate surface area is 118 Å². The van der Waals surface area contributed by atoms with Crippen LogP contribution in [-0.4, -0.2) is 29.5 Å². The van der Waals surface area contributed by atoms with Crippen molar-refractivity contribution in [2.75, 3.05) is 19.6 Å². The molecule has 2 rings (SSSR count). The summed E-state index contributed by atoms with van der Waals surface area (Å²) in [4.78, 5) is 6.79. The van der Waals surface area contributed by atoms with Crippen molar-refractivity contribution < 1.29 is 0 Å². The maximum absolute atomic E-state index is 5.99. The zero-order valence-corrected chi connectivity index (χ0v) is 12.6. The summed E-state index contributed by atoms with van der Waals surface area (Å²) in [7, 11) is 0. The molecule has 0 amide bonds. The molecule has 1 aromatic rings. The summed E-state index contributed by atoms with van der Waals surface area (Å²) in [5, 5.41) is 0. The average molecular weight is 312 g/mol. The van der Waals surface area contributed by atoms with Crippen molar-refractivity contribution in [2.24, 2.45) is 11.7 Å². The monoisotopic (exact) mass is 311 g/mol. The van der Waals surface area contributed by atoms with Gasteiger partial charge in [-0.15, -0.1) is 0 Å². The van der Waals surface area contributed by atoms with Gasteiger partial charge in [-0.05, 0) is 52.9 Å². The molecule has 2 N–H and O–H groups in total. The van der Waals surface area contributed by atoms with E-state index in [1.807, 2.05) is 12.4 Å². The zero-order valence-electron chi connectivity index (χ0n) is 11.0. The van der Waals surface area contributed by atoms with Gasteiger partial charge in [0.2, 0.25) is 0 Å². The standard InChI is InChI=1S/C14H22BrN3/c1-2-11-4-3-5-18(10-11)14(7-16)12-6-13(15)9-17-8-12/h6,8-9,11,14H,2-5,7,10,16H2,1H3. The van der Waals surface area contributed by atoms with Crippen molar-refractivity contribution in [3.63, 3.8) is 0 Å². The van der Waals surface area contributed by atoms with E-state index in [2.05, 4.69) is 38.8 Å². The first-order valence-corrected chi connectivity index (χ1v) is 7.58. The van der Waals surface area contributed by atoms with E-state index in [1.165, 1.54) is 31.4 Å². The van der Waals surface area contributed by atoms with E-state index in [0.717, 1.165) is 16.9 Å². The van der Waals surface area contributed by atoms with Crippen LogP contribution in [0.2, 0.25) is 0 Å². The second kappa shape index (κ2) is 6.64. The fourth-order valence-electron chi connectivity index (χ4n) is 2.82. The van der Waals surface area contributed by atoms with Crippen LogP contribution in [0.15, 0.2) is 22.9 Å². The minimum absolute atomic E-state index is 0.310. The SMILES string of the molecule is CCC1CCCN(C(CN)c2cncc(Br)c2)C1. The Morgan fingerprint density at radius 1 is 1.56 bits per heavy atom. The van der Waals surface area contributed by atoms with Gasteiger partial charge in [0.15, 0.2) is 0 Å². The van der Waals surface area contributed by atoms with Crippen LogP contribution in [0.3, 0.4) is 0 Å². The van der Waals surface area contributed by atoms with Crippen LogP contribution in [0.1, 0.15) is 37.8 Å². The largest absolute Gasteiger partial charge is 0.329 e. The van der Waals surface area contributed by atoms with Crippen molar-refractivity contribution >= 4 is 15.9 Å². The van der Waals surface area contributed by atoms with E-state index in [0.29, 0.717) is 12.6 Å². The fourth-order valence-corrected chi connectivity index (χ4v) is 3.20. The normalized spacial score (nSPS) is 22.9. The minimum Gasteiger partial charge on any atom is -0.329 e. The molecule has 3 nitrogen and oxygen atoms in total. The molecule has 18 heavy (non-hydrogen) atoms. The van der Waals surface area contributed by atoms with Crippen LogP contribution in [0.4, 0.5) is 0 Å². The minimum atomic E-state index is 0.310. The van der Waals surface area contributed by atoms with Gasteiger partial charge in [-0.3, -0.25) is 9.88 Å². The van der Waals surface area contributed by atoms with E-state index >= 15 is 0 Å². The molecule has 0 aromatic carbocycles. The number of nitrogens with two attached hydrogens (primary N) is 1. The predicted octanol–water partition coefficient (Wildman–Crippen LogP) is 2.97. The molecule has 1 fully saturated rings. The first kappa shape index (κ1) is 14.0. The maximum Gasteiger partial charge on any atom is 0.0486 e. The van der Waals surface area contributed by atoms with E-state index in [1.54, 1.807) is 0 Å². The molecule has 0 aliphatic carbocycles. The summed E-state index contributed by atoms with van der Waals surface area (Å²) in [6, 6.07) is 2.45. The number of hydrogen-bond acceptors (Lipinski definition) is 3. The second-order valence-electron chi connectivity index (χ2n) is 5.10. The lowest BCUT2D eigenvalue weighted by atomic mass is 9.93. The lowest BCUT2D eigenvalue weighted by molar-refractivity contribution is 0.124. The van der Waals surface area contributed by atoms with E-state index < -0.39 is 0 Å². The Morgan fingerprint density at radius 3 is 3.06 bits per heavy atom. The molecule has 0 spiro atoms. The van der Waals surface area contributed by atoms with Gasteiger partial charge in [0.1, 0.15) is 0 Å². The van der Waals surface area contributed by atoms with Crippen LogP contribution in [0.5, 0.6) is 0 Å². The number of rotatable bonds is 4. The molecule has 0 bridgehead atoms. The van der Waals surface area contributed by atoms with E-state index in [9.17, 15) is 0 Å². The Kier molecular flexibility index (Phi) is 5.15. The third-order valence-electron chi connectivity index (χ3n) is 3.90. The van der Waals surface area contributed by atoms with Crippen LogP contribution in [0.25, 0.3) is 0 Å². The Balaban J connectivity index is 2.12. The van der Waals surface area contributed by atoms with Gasteiger partial charge in [0, 0.05) is 36.0 Å². The first-order valence-electron chi connectivity index (χ1n) is 6.79. The van der Waals surface area contributed by atoms with Crippen LogP contribution >= 0.6 is 15.9 Å². The van der Waals surface area contributed by atoms with Crippen LogP contribution in [0, 0.1) is 5.92 Å². The van der Waals surface area contributed by atoms with Gasteiger partial charge in [0.05, 0.1) is 0 Å². The average Bonchev–Trinajstić information content (AvgIpc) is 2.40. The quantitative estimate of drug-likeness (QED) is 0.929. The van der Waals surface area contributed by atoms with Crippen LogP contribution < -0.4 is 5.73 Å². The summed E-state index contributed by atoms with van der Waals surface area (Å²) < 4.78 is 1.03. The molecule has 0 radical (unpaired) electrons. The van der Waals surface area contributed by atoms with Gasteiger partial charge >= 0.3 is 0 Å². The van der Waals surface area contributed by atoms with Crippen molar-refractivity contribution in [2.45, 2.75) is 32.2 Å². The van der Waals surface area contributed by atoms with Crippen molar-refractivity contribution in [1.29, 1.82) is 0 Å². The predicted molar refractivity (Wildman–Crippen MR) is 78.3 cm³/mol. The van der Waals surface area contributed by atoms with Gasteiger partial charge in [-0.1, -0.05) is 13.3 Å². The number of halogens is 1. The molecule has 1 aliphatic heterocycles. The summed E-state index contributed by atoms with van der Waals surface area (Å²) >= 11 is 3.49. The summed E-state index contributed by atoms with van der Waals surface area (Å²) in [5.41, 5.74) is 7.21. The van der Waals surface area contributed by atoms with Crippen molar-refractivity contribution in [3.05, 3.63) is 28.5 Å². The highest BCUT2D eigenvalue weighted by Gasteiger charge is 2.25. The van der Waals surface area contributed by atoms with Crippen molar-refractivity contribution in [1.82, 2.24) is 9.88 Å². The Hall–Kier alpha value is -0.450. The number of aromatic nitrogens is 1. The maximum atomic E-state index is 5.99. The molecule has 4 heteroatoms. The molecular formula is C14H22BrN3. The highest BCUT2D eigenvalue weighted by molar-refractivity contribution is 9.10. The summed E-state index contributed by atoms with van der Waals surface area (Å²) in [6.07, 6.45) is 7.68. The van der Waals surface area contributed by atoms with E-state index in [-0.39, 0.29) is 0 Å². The lowest BCUT2D eigenvalue weighted by Crippen LogP contribution is -2.41. The number of nitrogens with zero attached hydrogens (tertiary/aromatic N) is 2. The van der Waals surface area contributed by atoms with Gasteiger partial charge in [0.25, 0.3) is 0 Å². The number of likely N-dealkylation sites (tertiary alicyclic amines) is 1. The Morgan fingerprint density at radius 2 is 2.39 bits per heavy atom. The second-order valence-corrected chi connectivity index (χ2v) is 6.02. The third kappa shape index (κ3) is 3.31. The smallest absolute Gasteiger partial charge is 0.0486 e. The molecule has 2 heterocycles. The van der Waals surface area contributed by atoms with Crippen LogP contribution in [-0.2, 0) is 0 Å². The number of piperidine rings is 1. The number of pyridine rings is 1. The van der Waals surface area contributed by atoms with Gasteiger partial charge in [-0.2, -0.15) is 0 Å². The van der Waals surface area contributed by atoms with Gasteiger partial charge < -0.3 is 5.73 Å². The molecule has 100 valence electrons. The lowest BCUT2D eigenvalue weighted by Gasteiger charge is -2.37. The molecule has 0 saturated carbocycles. The molecule has 1 aliphatic rings. The summed E-state index contributed by atoms with van der Waals surface area (Å²) in [5.74, 6) is 0.827. The molecule has 1 aromatic heterocycles. The fraction of sp³-hybridized carbons (Fsp3) is 0.643. The highest BCUT2D eigenvalue weighted by atomic mass is 79.9. The van der Waals surface area contributed by atoms with Gasteiger partial charge in [-0.25, -0.2) is 0 Å². The summed E-state index contributed by atoms with van der Waals surface area (Å²) in [6.45, 7) is 5.27. The number of hydrogen-bond donors (Lipinski definition) is 1. The molecule has 1 saturated heterocycles. The first-order chi connectivity index (χ1) is 8.74. The Bertz CT molecular complexity index is 383. The molecular weight excluding hydrogens is 290 g/mol. The van der Waals surface area contributed by atoms with Crippen molar-refractivity contribution in [3.8, 4) is 0 Å². The third-order valence-corrected chi connectivity index (χ3v) is 4.34.